The second kappa shape index (κ2) is 6.70. The zero-order valence-corrected chi connectivity index (χ0v) is 15.6. The summed E-state index contributed by atoms with van der Waals surface area (Å²) in [7, 11) is 1.33. The maximum Gasteiger partial charge on any atom is 0.311 e. The zero-order chi connectivity index (χ0) is 19.1. The highest BCUT2D eigenvalue weighted by atomic mass is 35.5. The van der Waals surface area contributed by atoms with Gasteiger partial charge in [0.1, 0.15) is 5.52 Å². The number of aromatic nitrogens is 1. The molecule has 1 aromatic heterocycles. The summed E-state index contributed by atoms with van der Waals surface area (Å²) in [6.07, 6.45) is 0.151. The normalized spacial score (nSPS) is 16.9. The lowest BCUT2D eigenvalue weighted by molar-refractivity contribution is -0.145. The fraction of sp³-hybridized carbons (Fsp3) is 0.250. The van der Waals surface area contributed by atoms with E-state index in [4.69, 9.17) is 20.8 Å². The van der Waals surface area contributed by atoms with Crippen molar-refractivity contribution in [3.63, 3.8) is 0 Å². The van der Waals surface area contributed by atoms with Gasteiger partial charge in [-0.25, -0.2) is 4.98 Å². The van der Waals surface area contributed by atoms with Gasteiger partial charge in [0.2, 0.25) is 11.8 Å². The molecular formula is C20H17ClN2O4. The Morgan fingerprint density at radius 1 is 1.33 bits per heavy atom. The van der Waals surface area contributed by atoms with Crippen molar-refractivity contribution in [1.29, 1.82) is 0 Å². The molecule has 1 amide bonds. The summed E-state index contributed by atoms with van der Waals surface area (Å²) in [6.45, 7) is 2.21. The lowest BCUT2D eigenvalue weighted by Gasteiger charge is -2.20. The van der Waals surface area contributed by atoms with Crippen molar-refractivity contribution in [2.45, 2.75) is 13.3 Å². The third-order valence-corrected chi connectivity index (χ3v) is 5.07. The van der Waals surface area contributed by atoms with Crippen LogP contribution < -0.4 is 4.90 Å². The van der Waals surface area contributed by atoms with Gasteiger partial charge in [-0.3, -0.25) is 9.59 Å². The van der Waals surface area contributed by atoms with Crippen LogP contribution in [0.1, 0.15) is 12.0 Å². The summed E-state index contributed by atoms with van der Waals surface area (Å²) >= 11 is 6.02. The van der Waals surface area contributed by atoms with Crippen LogP contribution in [0.25, 0.3) is 22.6 Å². The maximum atomic E-state index is 12.4. The van der Waals surface area contributed by atoms with Crippen molar-refractivity contribution >= 4 is 40.3 Å². The molecular weight excluding hydrogens is 368 g/mol. The number of benzene rings is 2. The van der Waals surface area contributed by atoms with E-state index in [2.05, 4.69) is 4.98 Å². The Labute approximate surface area is 160 Å². The van der Waals surface area contributed by atoms with Gasteiger partial charge in [-0.15, -0.1) is 0 Å². The maximum absolute atomic E-state index is 12.4. The first-order valence-corrected chi connectivity index (χ1v) is 8.90. The lowest BCUT2D eigenvalue weighted by atomic mass is 10.1. The van der Waals surface area contributed by atoms with E-state index in [1.807, 2.05) is 25.1 Å². The lowest BCUT2D eigenvalue weighted by Crippen LogP contribution is -2.27. The van der Waals surface area contributed by atoms with Crippen molar-refractivity contribution in [2.24, 2.45) is 5.92 Å². The van der Waals surface area contributed by atoms with Gasteiger partial charge in [0.25, 0.3) is 0 Å². The molecule has 7 heteroatoms. The molecule has 0 aliphatic carbocycles. The Bertz CT molecular complexity index is 1060. The number of ether oxygens (including phenoxy) is 1. The summed E-state index contributed by atoms with van der Waals surface area (Å²) in [4.78, 5) is 30.4. The van der Waals surface area contributed by atoms with E-state index in [0.29, 0.717) is 28.6 Å². The first-order valence-electron chi connectivity index (χ1n) is 8.52. The third kappa shape index (κ3) is 3.06. The third-order valence-electron chi connectivity index (χ3n) is 4.84. The fourth-order valence-electron chi connectivity index (χ4n) is 3.43. The minimum Gasteiger partial charge on any atom is -0.469 e. The Morgan fingerprint density at radius 2 is 2.15 bits per heavy atom. The van der Waals surface area contributed by atoms with Crippen molar-refractivity contribution in [2.75, 3.05) is 18.6 Å². The van der Waals surface area contributed by atoms with E-state index in [1.165, 1.54) is 7.11 Å². The molecule has 1 fully saturated rings. The fourth-order valence-corrected chi connectivity index (χ4v) is 3.59. The highest BCUT2D eigenvalue weighted by Crippen LogP contribution is 2.35. The van der Waals surface area contributed by atoms with Crippen LogP contribution in [0.3, 0.4) is 0 Å². The van der Waals surface area contributed by atoms with E-state index in [-0.39, 0.29) is 18.3 Å². The van der Waals surface area contributed by atoms with Gasteiger partial charge in [-0.1, -0.05) is 17.7 Å². The quantitative estimate of drug-likeness (QED) is 0.638. The molecule has 4 rings (SSSR count). The Kier molecular flexibility index (Phi) is 4.36. The molecule has 0 bridgehead atoms. The molecule has 0 N–H and O–H groups in total. The van der Waals surface area contributed by atoms with E-state index >= 15 is 0 Å². The second-order valence-corrected chi connectivity index (χ2v) is 6.95. The smallest absolute Gasteiger partial charge is 0.311 e. The number of hydrogen-bond acceptors (Lipinski definition) is 5. The minimum atomic E-state index is -0.447. The van der Waals surface area contributed by atoms with Crippen LogP contribution in [0.15, 0.2) is 40.8 Å². The number of methoxy groups -OCH3 is 1. The minimum absolute atomic E-state index is 0.102. The second-order valence-electron chi connectivity index (χ2n) is 6.51. The van der Waals surface area contributed by atoms with E-state index < -0.39 is 5.92 Å². The molecule has 3 aromatic rings. The summed E-state index contributed by atoms with van der Waals surface area (Å²) in [5.74, 6) is -0.453. The molecule has 2 heterocycles. The molecule has 1 saturated heterocycles. The van der Waals surface area contributed by atoms with Crippen molar-refractivity contribution < 1.29 is 18.7 Å². The average Bonchev–Trinajstić information content (AvgIpc) is 3.24. The first-order chi connectivity index (χ1) is 13.0. The molecule has 0 spiro atoms. The SMILES string of the molecule is COC(=O)[C@@H]1CC(=O)N(c2cccc(-c3nc4cc(Cl)ccc4o3)c2C)C1. The molecule has 6 nitrogen and oxygen atoms in total. The highest BCUT2D eigenvalue weighted by molar-refractivity contribution is 6.31. The summed E-state index contributed by atoms with van der Waals surface area (Å²) < 4.78 is 10.6. The van der Waals surface area contributed by atoms with E-state index in [0.717, 1.165) is 16.8 Å². The number of rotatable bonds is 3. The van der Waals surface area contributed by atoms with Crippen LogP contribution in [-0.2, 0) is 14.3 Å². The van der Waals surface area contributed by atoms with Gasteiger partial charge in [-0.05, 0) is 42.8 Å². The van der Waals surface area contributed by atoms with Crippen LogP contribution in [0, 0.1) is 12.8 Å². The number of nitrogens with zero attached hydrogens (tertiary/aromatic N) is 2. The zero-order valence-electron chi connectivity index (χ0n) is 14.9. The molecule has 0 unspecified atom stereocenters. The molecule has 2 aromatic carbocycles. The first kappa shape index (κ1) is 17.5. The Morgan fingerprint density at radius 3 is 2.93 bits per heavy atom. The Balaban J connectivity index is 1.72. The average molecular weight is 385 g/mol. The Hall–Kier alpha value is -2.86. The molecule has 1 aliphatic heterocycles. The molecule has 27 heavy (non-hydrogen) atoms. The number of hydrogen-bond donors (Lipinski definition) is 0. The van der Waals surface area contributed by atoms with Gasteiger partial charge in [0.15, 0.2) is 5.58 Å². The topological polar surface area (TPSA) is 72.6 Å². The molecule has 138 valence electrons. The monoisotopic (exact) mass is 384 g/mol. The van der Waals surface area contributed by atoms with Gasteiger partial charge < -0.3 is 14.1 Å². The van der Waals surface area contributed by atoms with Crippen LogP contribution >= 0.6 is 11.6 Å². The number of halogens is 1. The molecule has 1 aliphatic rings. The van der Waals surface area contributed by atoms with E-state index in [1.54, 1.807) is 23.1 Å². The molecule has 1 atom stereocenters. The van der Waals surface area contributed by atoms with Gasteiger partial charge in [0.05, 0.1) is 13.0 Å². The predicted octanol–water partition coefficient (Wildman–Crippen LogP) is 3.98. The van der Waals surface area contributed by atoms with Gasteiger partial charge >= 0.3 is 5.97 Å². The van der Waals surface area contributed by atoms with Crippen LogP contribution in [-0.4, -0.2) is 30.5 Å². The number of amides is 1. The van der Waals surface area contributed by atoms with Crippen molar-refractivity contribution in [1.82, 2.24) is 4.98 Å². The summed E-state index contributed by atoms with van der Waals surface area (Å²) in [5.41, 5.74) is 3.69. The predicted molar refractivity (Wildman–Crippen MR) is 102 cm³/mol. The summed E-state index contributed by atoms with van der Waals surface area (Å²) in [6, 6.07) is 10.9. The number of anilines is 1. The van der Waals surface area contributed by atoms with Gasteiger partial charge in [0, 0.05) is 29.2 Å². The number of carbonyl (C=O) groups is 2. The van der Waals surface area contributed by atoms with E-state index in [9.17, 15) is 9.59 Å². The number of fused-ring (bicyclic) bond motifs is 1. The highest BCUT2D eigenvalue weighted by Gasteiger charge is 2.36. The van der Waals surface area contributed by atoms with Crippen LogP contribution in [0.5, 0.6) is 0 Å². The molecule has 0 saturated carbocycles. The van der Waals surface area contributed by atoms with Crippen molar-refractivity contribution in [3.05, 3.63) is 47.0 Å². The number of oxazole rings is 1. The van der Waals surface area contributed by atoms with Crippen LogP contribution in [0.2, 0.25) is 5.02 Å². The number of carbonyl (C=O) groups excluding carboxylic acids is 2. The largest absolute Gasteiger partial charge is 0.469 e. The molecule has 0 radical (unpaired) electrons. The standard InChI is InChI=1S/C20H17ClN2O4/c1-11-14(19-22-15-9-13(21)6-7-17(15)27-19)4-3-5-16(11)23-10-12(8-18(23)24)20(25)26-2/h3-7,9,12H,8,10H2,1-2H3/t12-/m1/s1. The van der Waals surface area contributed by atoms with Crippen molar-refractivity contribution in [3.8, 4) is 11.5 Å². The summed E-state index contributed by atoms with van der Waals surface area (Å²) in [5, 5.41) is 0.587. The number of esters is 1. The van der Waals surface area contributed by atoms with Gasteiger partial charge in [-0.2, -0.15) is 0 Å². The van der Waals surface area contributed by atoms with Crippen LogP contribution in [0.4, 0.5) is 5.69 Å².